The highest BCUT2D eigenvalue weighted by atomic mass is 35.5. The summed E-state index contributed by atoms with van der Waals surface area (Å²) in [5, 5.41) is 7.65. The van der Waals surface area contributed by atoms with Crippen molar-refractivity contribution >= 4 is 52.6 Å². The van der Waals surface area contributed by atoms with Crippen LogP contribution >= 0.6 is 23.2 Å². The number of hydrogen-bond donors (Lipinski definition) is 1. The molecule has 2 aliphatic rings. The van der Waals surface area contributed by atoms with Gasteiger partial charge in [0.2, 0.25) is 5.95 Å². The molecule has 1 saturated carbocycles. The van der Waals surface area contributed by atoms with Crippen LogP contribution in [0, 0.1) is 0 Å². The number of anilines is 2. The highest BCUT2D eigenvalue weighted by molar-refractivity contribution is 6.35. The molecule has 0 spiro atoms. The summed E-state index contributed by atoms with van der Waals surface area (Å²) in [6.07, 6.45) is 7.01. The summed E-state index contributed by atoms with van der Waals surface area (Å²) in [6.45, 7) is 5.35. The number of hydrogen-bond acceptors (Lipinski definition) is 7. The number of benzene rings is 2. The highest BCUT2D eigenvalue weighted by Gasteiger charge is 2.55. The first-order valence-corrected chi connectivity index (χ1v) is 13.8. The van der Waals surface area contributed by atoms with E-state index in [-0.39, 0.29) is 30.6 Å². The minimum absolute atomic E-state index is 0.0396. The van der Waals surface area contributed by atoms with Crippen molar-refractivity contribution in [3.05, 3.63) is 95.3 Å². The van der Waals surface area contributed by atoms with E-state index in [0.717, 1.165) is 11.3 Å². The molecule has 3 heterocycles. The summed E-state index contributed by atoms with van der Waals surface area (Å²) in [6, 6.07) is 12.3. The molecule has 2 aromatic heterocycles. The Bertz CT molecular complexity index is 1690. The number of amides is 2. The van der Waals surface area contributed by atoms with Crippen LogP contribution in [0.25, 0.3) is 5.69 Å². The molecule has 11 nitrogen and oxygen atoms in total. The third-order valence-electron chi connectivity index (χ3n) is 7.43. The molecule has 1 atom stereocenters. The van der Waals surface area contributed by atoms with Crippen LogP contribution in [0.15, 0.2) is 74.0 Å². The molecular formula is C29H25Cl2N7O4. The van der Waals surface area contributed by atoms with Crippen LogP contribution in [-0.2, 0) is 26.3 Å². The van der Waals surface area contributed by atoms with Crippen LogP contribution in [0.3, 0.4) is 0 Å². The Hall–Kier alpha value is -4.48. The number of ether oxygens (including phenoxy) is 1. The maximum atomic E-state index is 14.3. The zero-order valence-corrected chi connectivity index (χ0v) is 24.0. The van der Waals surface area contributed by atoms with Gasteiger partial charge < -0.3 is 10.1 Å². The lowest BCUT2D eigenvalue weighted by Gasteiger charge is -2.27. The minimum atomic E-state index is -1.28. The first-order chi connectivity index (χ1) is 20.1. The van der Waals surface area contributed by atoms with Gasteiger partial charge in [0.25, 0.3) is 11.8 Å². The standard InChI is InChI=1S/C29H25Cl2N7O4/c1-3-10-42-26(41)29(8-9-29)35-24(39)23-15-33-27-37(22-12-19(30)11-20(31)13-22)25(40)28(2,38(23)27)14-18-4-6-21(7-5-18)36-17-32-16-34-36/h3-7,11-13,15-17H,1,8-10,14H2,2H3,(H,35,39). The predicted molar refractivity (Wildman–Crippen MR) is 155 cm³/mol. The molecule has 1 fully saturated rings. The van der Waals surface area contributed by atoms with E-state index in [1.54, 1.807) is 40.7 Å². The lowest BCUT2D eigenvalue weighted by Crippen LogP contribution is -2.47. The molecule has 1 unspecified atom stereocenters. The van der Waals surface area contributed by atoms with Crippen molar-refractivity contribution in [2.75, 3.05) is 11.5 Å². The number of rotatable bonds is 9. The van der Waals surface area contributed by atoms with E-state index in [0.29, 0.717) is 28.6 Å². The molecule has 0 radical (unpaired) electrons. The van der Waals surface area contributed by atoms with Crippen LogP contribution in [0.2, 0.25) is 10.0 Å². The van der Waals surface area contributed by atoms with Crippen LogP contribution in [0.4, 0.5) is 11.6 Å². The molecule has 214 valence electrons. The number of nitrogens with one attached hydrogen (secondary N) is 1. The number of nitrogens with zero attached hydrogens (tertiary/aromatic N) is 6. The molecule has 1 N–H and O–H groups in total. The third kappa shape index (κ3) is 4.74. The molecule has 1 aliphatic carbocycles. The summed E-state index contributed by atoms with van der Waals surface area (Å²) < 4.78 is 8.44. The lowest BCUT2D eigenvalue weighted by molar-refractivity contribution is -0.145. The van der Waals surface area contributed by atoms with Crippen molar-refractivity contribution in [3.63, 3.8) is 0 Å². The smallest absolute Gasteiger partial charge is 0.332 e. The average Bonchev–Trinajstić information content (AvgIpc) is 3.28. The van der Waals surface area contributed by atoms with E-state index in [1.807, 2.05) is 24.3 Å². The Labute approximate surface area is 250 Å². The number of imidazole rings is 1. The molecular weight excluding hydrogens is 581 g/mol. The third-order valence-corrected chi connectivity index (χ3v) is 7.87. The summed E-state index contributed by atoms with van der Waals surface area (Å²) in [7, 11) is 0. The molecule has 2 aromatic carbocycles. The largest absolute Gasteiger partial charge is 0.460 e. The molecule has 4 aromatic rings. The maximum Gasteiger partial charge on any atom is 0.332 e. The van der Waals surface area contributed by atoms with Crippen molar-refractivity contribution in [3.8, 4) is 5.69 Å². The van der Waals surface area contributed by atoms with Gasteiger partial charge in [-0.15, -0.1) is 0 Å². The zero-order valence-electron chi connectivity index (χ0n) is 22.5. The maximum absolute atomic E-state index is 14.3. The van der Waals surface area contributed by atoms with Gasteiger partial charge in [-0.3, -0.25) is 14.2 Å². The predicted octanol–water partition coefficient (Wildman–Crippen LogP) is 4.40. The lowest BCUT2D eigenvalue weighted by atomic mass is 9.91. The number of fused-ring (bicyclic) bond motifs is 1. The van der Waals surface area contributed by atoms with Crippen LogP contribution < -0.4 is 10.2 Å². The van der Waals surface area contributed by atoms with E-state index >= 15 is 0 Å². The Balaban J connectivity index is 1.39. The van der Waals surface area contributed by atoms with Gasteiger partial charge in [-0.25, -0.2) is 24.3 Å². The number of esters is 1. The molecule has 0 saturated heterocycles. The SMILES string of the molecule is C=CCOC(=O)C1(NC(=O)c2cnc3n2C(C)(Cc2ccc(-n4cncn4)cc2)C(=O)N3c2cc(Cl)cc(Cl)c2)CC1. The Kier molecular flexibility index (Phi) is 6.86. The second-order valence-corrected chi connectivity index (χ2v) is 11.3. The number of carbonyl (C=O) groups excluding carboxylic acids is 3. The van der Waals surface area contributed by atoms with Gasteiger partial charge in [0.1, 0.15) is 36.0 Å². The van der Waals surface area contributed by atoms with Gasteiger partial charge >= 0.3 is 5.97 Å². The van der Waals surface area contributed by atoms with Gasteiger partial charge in [-0.1, -0.05) is 48.0 Å². The molecule has 6 rings (SSSR count). The van der Waals surface area contributed by atoms with Crippen molar-refractivity contribution in [1.82, 2.24) is 29.6 Å². The number of carbonyl (C=O) groups is 3. The zero-order chi connectivity index (χ0) is 29.6. The second kappa shape index (κ2) is 10.4. The highest BCUT2D eigenvalue weighted by Crippen LogP contribution is 2.44. The summed E-state index contributed by atoms with van der Waals surface area (Å²) >= 11 is 12.6. The minimum Gasteiger partial charge on any atom is -0.460 e. The van der Waals surface area contributed by atoms with Crippen molar-refractivity contribution in [2.45, 2.75) is 37.3 Å². The van der Waals surface area contributed by atoms with E-state index < -0.39 is 23.0 Å². The van der Waals surface area contributed by atoms with E-state index in [2.05, 4.69) is 27.0 Å². The molecule has 0 bridgehead atoms. The molecule has 42 heavy (non-hydrogen) atoms. The number of halogens is 2. The Morgan fingerprint density at radius 2 is 1.83 bits per heavy atom. The fourth-order valence-electron chi connectivity index (χ4n) is 5.19. The van der Waals surface area contributed by atoms with Crippen LogP contribution in [0.5, 0.6) is 0 Å². The topological polar surface area (TPSA) is 124 Å². The molecule has 13 heteroatoms. The second-order valence-electron chi connectivity index (χ2n) is 10.4. The average molecular weight is 606 g/mol. The van der Waals surface area contributed by atoms with E-state index in [1.165, 1.54) is 23.5 Å². The van der Waals surface area contributed by atoms with E-state index in [4.69, 9.17) is 27.9 Å². The van der Waals surface area contributed by atoms with Gasteiger partial charge in [0, 0.05) is 16.5 Å². The monoisotopic (exact) mass is 605 g/mol. The summed E-state index contributed by atoms with van der Waals surface area (Å²) in [5.41, 5.74) is -0.232. The first kappa shape index (κ1) is 27.7. The first-order valence-electron chi connectivity index (χ1n) is 13.1. The van der Waals surface area contributed by atoms with Gasteiger partial charge in [-0.2, -0.15) is 5.10 Å². The molecule has 1 aliphatic heterocycles. The van der Waals surface area contributed by atoms with Crippen molar-refractivity contribution in [2.24, 2.45) is 0 Å². The Morgan fingerprint density at radius 1 is 1.12 bits per heavy atom. The van der Waals surface area contributed by atoms with Gasteiger partial charge in [0.05, 0.1) is 17.6 Å². The fourth-order valence-corrected chi connectivity index (χ4v) is 5.71. The molecule has 2 amide bonds. The quantitative estimate of drug-likeness (QED) is 0.221. The van der Waals surface area contributed by atoms with Crippen LogP contribution in [-0.4, -0.2) is 54.2 Å². The van der Waals surface area contributed by atoms with E-state index in [9.17, 15) is 14.4 Å². The summed E-state index contributed by atoms with van der Waals surface area (Å²) in [4.78, 5) is 50.5. The van der Waals surface area contributed by atoms with Gasteiger partial charge in [-0.05, 0) is 55.7 Å². The fraction of sp³-hybridized carbons (Fsp3) is 0.241. The number of aromatic nitrogens is 5. The summed E-state index contributed by atoms with van der Waals surface area (Å²) in [5.74, 6) is -1.18. The van der Waals surface area contributed by atoms with Gasteiger partial charge in [0.15, 0.2) is 0 Å². The normalized spacial score (nSPS) is 18.5. The van der Waals surface area contributed by atoms with Crippen molar-refractivity contribution in [1.29, 1.82) is 0 Å². The van der Waals surface area contributed by atoms with Crippen LogP contribution in [0.1, 0.15) is 35.8 Å². The van der Waals surface area contributed by atoms with Crippen molar-refractivity contribution < 1.29 is 19.1 Å². The Morgan fingerprint density at radius 3 is 2.45 bits per heavy atom.